The second kappa shape index (κ2) is 13.8. The zero-order valence-electron chi connectivity index (χ0n) is 22.7. The molecule has 7 heteroatoms. The maximum absolute atomic E-state index is 13.7. The smallest absolute Gasteiger partial charge is 0.322 e. The molecule has 3 aromatic rings. The van der Waals surface area contributed by atoms with Crippen molar-refractivity contribution in [2.45, 2.75) is 46.1 Å². The van der Waals surface area contributed by atoms with Gasteiger partial charge in [-0.05, 0) is 75.5 Å². The second-order valence-electron chi connectivity index (χ2n) is 10.1. The lowest BCUT2D eigenvalue weighted by atomic mass is 10.1. The van der Waals surface area contributed by atoms with Crippen molar-refractivity contribution in [3.63, 3.8) is 0 Å². The van der Waals surface area contributed by atoms with E-state index in [0.29, 0.717) is 19.6 Å². The van der Waals surface area contributed by atoms with Crippen molar-refractivity contribution >= 4 is 17.6 Å². The third-order valence-corrected chi connectivity index (χ3v) is 7.14. The van der Waals surface area contributed by atoms with E-state index in [0.717, 1.165) is 48.8 Å². The Morgan fingerprint density at radius 3 is 2.32 bits per heavy atom. The van der Waals surface area contributed by atoms with E-state index in [9.17, 15) is 9.59 Å². The zero-order chi connectivity index (χ0) is 26.7. The van der Waals surface area contributed by atoms with Gasteiger partial charge in [0.05, 0.1) is 6.54 Å². The van der Waals surface area contributed by atoms with Crippen LogP contribution in [0.5, 0.6) is 0 Å². The Labute approximate surface area is 226 Å². The number of nitrogens with one attached hydrogen (secondary N) is 1. The second-order valence-corrected chi connectivity index (χ2v) is 10.1. The number of para-hydroxylation sites is 1. The Kier molecular flexibility index (Phi) is 9.98. The van der Waals surface area contributed by atoms with Crippen LogP contribution in [0.1, 0.15) is 41.9 Å². The first kappa shape index (κ1) is 27.5. The van der Waals surface area contributed by atoms with Gasteiger partial charge in [0, 0.05) is 25.3 Å². The molecule has 2 heterocycles. The van der Waals surface area contributed by atoms with Crippen LogP contribution in [0.3, 0.4) is 0 Å². The van der Waals surface area contributed by atoms with E-state index >= 15 is 0 Å². The van der Waals surface area contributed by atoms with Gasteiger partial charge >= 0.3 is 6.03 Å². The lowest BCUT2D eigenvalue weighted by Gasteiger charge is -2.31. The van der Waals surface area contributed by atoms with Crippen molar-refractivity contribution in [3.05, 3.63) is 89.4 Å². The Morgan fingerprint density at radius 1 is 0.868 bits per heavy atom. The molecule has 1 aliphatic heterocycles. The molecule has 2 aromatic carbocycles. The number of carbonyl (C=O) groups is 2. The van der Waals surface area contributed by atoms with Crippen LogP contribution >= 0.6 is 0 Å². The molecule has 4 rings (SSSR count). The first-order chi connectivity index (χ1) is 18.5. The van der Waals surface area contributed by atoms with Gasteiger partial charge in [-0.3, -0.25) is 4.79 Å². The molecule has 1 fully saturated rings. The third-order valence-electron chi connectivity index (χ3n) is 7.14. The standard InChI is InChI=1S/C31H40N4O3/c1-25-11-7-8-14-29(25)32-31(37)35(22-21-33-18-9-4-10-19-33)24-30(36)34(23-28-16-15-26(2)38-28)20-17-27-12-5-3-6-13-27/h3,5-8,11-16H,4,9-10,17-24H2,1-2H3,(H,32,37). The molecule has 0 radical (unpaired) electrons. The van der Waals surface area contributed by atoms with Crippen LogP contribution in [0.15, 0.2) is 71.1 Å². The SMILES string of the molecule is Cc1ccc(CN(CCc2ccccc2)C(=O)CN(CCN2CCCCC2)C(=O)Nc2ccccc2C)o1. The maximum Gasteiger partial charge on any atom is 0.322 e. The highest BCUT2D eigenvalue weighted by molar-refractivity contribution is 5.93. The number of hydrogen-bond acceptors (Lipinski definition) is 4. The third kappa shape index (κ3) is 8.21. The summed E-state index contributed by atoms with van der Waals surface area (Å²) < 4.78 is 5.79. The predicted molar refractivity (Wildman–Crippen MR) is 151 cm³/mol. The zero-order valence-corrected chi connectivity index (χ0v) is 22.7. The summed E-state index contributed by atoms with van der Waals surface area (Å²) in [5.41, 5.74) is 2.92. The number of urea groups is 1. The van der Waals surface area contributed by atoms with Crippen LogP contribution < -0.4 is 5.32 Å². The van der Waals surface area contributed by atoms with Gasteiger partial charge in [0.2, 0.25) is 5.91 Å². The molecule has 202 valence electrons. The molecule has 3 amide bonds. The van der Waals surface area contributed by atoms with E-state index < -0.39 is 0 Å². The number of benzene rings is 2. The van der Waals surface area contributed by atoms with Crippen molar-refractivity contribution in [1.82, 2.24) is 14.7 Å². The fourth-order valence-corrected chi connectivity index (χ4v) is 4.83. The predicted octanol–water partition coefficient (Wildman–Crippen LogP) is 5.49. The van der Waals surface area contributed by atoms with E-state index in [4.69, 9.17) is 4.42 Å². The lowest BCUT2D eigenvalue weighted by Crippen LogP contribution is -2.47. The number of rotatable bonds is 11. The van der Waals surface area contributed by atoms with Crippen LogP contribution in [0.2, 0.25) is 0 Å². The van der Waals surface area contributed by atoms with Crippen molar-refractivity contribution in [1.29, 1.82) is 0 Å². The molecule has 0 bridgehead atoms. The topological polar surface area (TPSA) is 69.0 Å². The Balaban J connectivity index is 1.47. The van der Waals surface area contributed by atoms with Gasteiger partial charge in [0.25, 0.3) is 0 Å². The molecule has 0 saturated carbocycles. The minimum Gasteiger partial charge on any atom is -0.464 e. The summed E-state index contributed by atoms with van der Waals surface area (Å²) in [7, 11) is 0. The fourth-order valence-electron chi connectivity index (χ4n) is 4.83. The van der Waals surface area contributed by atoms with Crippen LogP contribution in [-0.2, 0) is 17.8 Å². The average molecular weight is 517 g/mol. The molecular weight excluding hydrogens is 476 g/mol. The van der Waals surface area contributed by atoms with Crippen LogP contribution in [0.4, 0.5) is 10.5 Å². The first-order valence-corrected chi connectivity index (χ1v) is 13.7. The van der Waals surface area contributed by atoms with Gasteiger partial charge < -0.3 is 24.4 Å². The molecule has 1 saturated heterocycles. The van der Waals surface area contributed by atoms with Crippen molar-refractivity contribution < 1.29 is 14.0 Å². The average Bonchev–Trinajstić information content (AvgIpc) is 3.35. The minimum atomic E-state index is -0.249. The van der Waals surface area contributed by atoms with Crippen LogP contribution in [-0.4, -0.2) is 65.9 Å². The normalized spacial score (nSPS) is 13.7. The summed E-state index contributed by atoms with van der Waals surface area (Å²) >= 11 is 0. The number of anilines is 1. The van der Waals surface area contributed by atoms with E-state index in [-0.39, 0.29) is 18.5 Å². The summed E-state index contributed by atoms with van der Waals surface area (Å²) in [6.07, 6.45) is 4.36. The Bertz CT molecular complexity index is 1170. The van der Waals surface area contributed by atoms with Gasteiger partial charge in [-0.2, -0.15) is 0 Å². The van der Waals surface area contributed by atoms with E-state index in [1.54, 1.807) is 9.80 Å². The summed E-state index contributed by atoms with van der Waals surface area (Å²) in [6.45, 7) is 8.14. The van der Waals surface area contributed by atoms with Crippen molar-refractivity contribution in [2.75, 3.05) is 44.6 Å². The number of nitrogens with zero attached hydrogens (tertiary/aromatic N) is 3. The molecule has 1 N–H and O–H groups in total. The minimum absolute atomic E-state index is 0.0139. The number of furan rings is 1. The van der Waals surface area contributed by atoms with E-state index in [1.807, 2.05) is 68.4 Å². The van der Waals surface area contributed by atoms with E-state index in [2.05, 4.69) is 22.3 Å². The number of hydrogen-bond donors (Lipinski definition) is 1. The van der Waals surface area contributed by atoms with Gasteiger partial charge in [0.15, 0.2) is 0 Å². The Hall–Kier alpha value is -3.58. The number of aryl methyl sites for hydroxylation is 2. The number of carbonyl (C=O) groups excluding carboxylic acids is 2. The van der Waals surface area contributed by atoms with Crippen LogP contribution in [0, 0.1) is 13.8 Å². The van der Waals surface area contributed by atoms with Crippen molar-refractivity contribution in [3.8, 4) is 0 Å². The quantitative estimate of drug-likeness (QED) is 0.366. The molecular formula is C31H40N4O3. The number of piperidine rings is 1. The highest BCUT2D eigenvalue weighted by Gasteiger charge is 2.24. The molecule has 0 aliphatic carbocycles. The van der Waals surface area contributed by atoms with E-state index in [1.165, 1.54) is 24.8 Å². The molecule has 38 heavy (non-hydrogen) atoms. The summed E-state index contributed by atoms with van der Waals surface area (Å²) in [5.74, 6) is 1.47. The molecule has 1 aromatic heterocycles. The summed E-state index contributed by atoms with van der Waals surface area (Å²) in [6, 6.07) is 21.4. The molecule has 7 nitrogen and oxygen atoms in total. The number of amides is 3. The largest absolute Gasteiger partial charge is 0.464 e. The van der Waals surface area contributed by atoms with Crippen LogP contribution in [0.25, 0.3) is 0 Å². The highest BCUT2D eigenvalue weighted by atomic mass is 16.3. The highest BCUT2D eigenvalue weighted by Crippen LogP contribution is 2.16. The monoisotopic (exact) mass is 516 g/mol. The molecule has 0 atom stereocenters. The molecule has 0 spiro atoms. The van der Waals surface area contributed by atoms with Gasteiger partial charge in [-0.1, -0.05) is 55.0 Å². The summed E-state index contributed by atoms with van der Waals surface area (Å²) in [4.78, 5) is 33.0. The van der Waals surface area contributed by atoms with Gasteiger partial charge in [0.1, 0.15) is 18.1 Å². The first-order valence-electron chi connectivity index (χ1n) is 13.7. The molecule has 0 unspecified atom stereocenters. The lowest BCUT2D eigenvalue weighted by molar-refractivity contribution is -0.132. The Morgan fingerprint density at radius 2 is 1.61 bits per heavy atom. The van der Waals surface area contributed by atoms with Gasteiger partial charge in [-0.25, -0.2) is 4.79 Å². The van der Waals surface area contributed by atoms with Gasteiger partial charge in [-0.15, -0.1) is 0 Å². The summed E-state index contributed by atoms with van der Waals surface area (Å²) in [5, 5.41) is 3.03. The fraction of sp³-hybridized carbons (Fsp3) is 0.419. The maximum atomic E-state index is 13.7. The number of likely N-dealkylation sites (tertiary alicyclic amines) is 1. The van der Waals surface area contributed by atoms with Crippen molar-refractivity contribution in [2.24, 2.45) is 0 Å². The molecule has 1 aliphatic rings.